The van der Waals surface area contributed by atoms with Crippen LogP contribution in [-0.2, 0) is 0 Å². The summed E-state index contributed by atoms with van der Waals surface area (Å²) in [5.41, 5.74) is 0.258. The molecule has 0 aliphatic heterocycles. The molecule has 0 saturated heterocycles. The Labute approximate surface area is 64.1 Å². The maximum Gasteiger partial charge on any atom is 1.00 e. The summed E-state index contributed by atoms with van der Waals surface area (Å²) in [5.74, 6) is 0. The molecule has 11 heavy (non-hydrogen) atoms. The van der Waals surface area contributed by atoms with Gasteiger partial charge in [-0.25, -0.2) is 0 Å². The second-order valence-electron chi connectivity index (χ2n) is 1.97. The molecule has 0 unspecified atom stereocenters. The molecule has 4 nitrogen and oxygen atoms in total. The van der Waals surface area contributed by atoms with Gasteiger partial charge in [-0.2, -0.15) is 0 Å². The first kappa shape index (κ1) is 7.40. The van der Waals surface area contributed by atoms with Crippen molar-refractivity contribution in [2.24, 2.45) is 0 Å². The SMILES string of the molecule is O=Cc1cccc([N+](=O)[O-])c1.[H+]. The average Bonchev–Trinajstić information content (AvgIpc) is 2.05. The maximum absolute atomic E-state index is 10.2. The highest BCUT2D eigenvalue weighted by Crippen LogP contribution is 2.10. The lowest BCUT2D eigenvalue weighted by atomic mass is 10.2. The molecule has 0 atom stereocenters. The van der Waals surface area contributed by atoms with E-state index >= 15 is 0 Å². The predicted molar refractivity (Wildman–Crippen MR) is 39.6 cm³/mol. The van der Waals surface area contributed by atoms with E-state index in [4.69, 9.17) is 0 Å². The van der Waals surface area contributed by atoms with Crippen molar-refractivity contribution in [1.82, 2.24) is 0 Å². The summed E-state index contributed by atoms with van der Waals surface area (Å²) in [6, 6.07) is 5.56. The summed E-state index contributed by atoms with van der Waals surface area (Å²) in [5, 5.41) is 10.2. The Morgan fingerprint density at radius 1 is 1.55 bits per heavy atom. The van der Waals surface area contributed by atoms with Gasteiger partial charge < -0.3 is 0 Å². The monoisotopic (exact) mass is 152 g/mol. The van der Waals surface area contributed by atoms with Gasteiger partial charge in [-0.3, -0.25) is 14.9 Å². The van der Waals surface area contributed by atoms with Crippen LogP contribution in [0.2, 0.25) is 0 Å². The molecular weight excluding hydrogens is 146 g/mol. The van der Waals surface area contributed by atoms with Crippen LogP contribution in [0.4, 0.5) is 5.69 Å². The summed E-state index contributed by atoms with van der Waals surface area (Å²) in [6.07, 6.45) is 0.576. The van der Waals surface area contributed by atoms with Gasteiger partial charge in [-0.15, -0.1) is 0 Å². The molecule has 0 aliphatic rings. The molecule has 0 bridgehead atoms. The minimum absolute atomic E-state index is 0. The molecule has 0 radical (unpaired) electrons. The largest absolute Gasteiger partial charge is 1.00 e. The Hall–Kier alpha value is -1.71. The summed E-state index contributed by atoms with van der Waals surface area (Å²) in [4.78, 5) is 19.8. The van der Waals surface area contributed by atoms with Gasteiger partial charge in [0, 0.05) is 17.7 Å². The van der Waals surface area contributed by atoms with Crippen molar-refractivity contribution in [2.75, 3.05) is 0 Å². The van der Waals surface area contributed by atoms with E-state index in [-0.39, 0.29) is 7.11 Å². The molecule has 0 aliphatic carbocycles. The first-order valence-corrected chi connectivity index (χ1v) is 2.93. The fourth-order valence-corrected chi connectivity index (χ4v) is 0.712. The van der Waals surface area contributed by atoms with Gasteiger partial charge in [0.2, 0.25) is 0 Å². The van der Waals surface area contributed by atoms with Crippen LogP contribution in [0, 0.1) is 10.1 Å². The molecule has 0 fully saturated rings. The van der Waals surface area contributed by atoms with Crippen molar-refractivity contribution in [3.8, 4) is 0 Å². The average molecular weight is 152 g/mol. The van der Waals surface area contributed by atoms with Gasteiger partial charge in [0.25, 0.3) is 5.69 Å². The molecule has 0 amide bonds. The quantitative estimate of drug-likeness (QED) is 0.366. The number of aldehydes is 1. The number of nitro benzene ring substituents is 1. The van der Waals surface area contributed by atoms with Crippen LogP contribution in [0.3, 0.4) is 0 Å². The predicted octanol–water partition coefficient (Wildman–Crippen LogP) is 1.52. The lowest BCUT2D eigenvalue weighted by Crippen LogP contribution is -1.88. The zero-order chi connectivity index (χ0) is 8.27. The van der Waals surface area contributed by atoms with Crippen LogP contribution in [0.5, 0.6) is 0 Å². The molecule has 0 heterocycles. The van der Waals surface area contributed by atoms with E-state index in [0.29, 0.717) is 11.8 Å². The van der Waals surface area contributed by atoms with Gasteiger partial charge >= 0.3 is 1.43 Å². The first-order valence-electron chi connectivity index (χ1n) is 2.93. The summed E-state index contributed by atoms with van der Waals surface area (Å²) >= 11 is 0. The van der Waals surface area contributed by atoms with Crippen LogP contribution in [-0.4, -0.2) is 11.2 Å². The van der Waals surface area contributed by atoms with Gasteiger partial charge in [0.05, 0.1) is 4.92 Å². The van der Waals surface area contributed by atoms with E-state index in [1.165, 1.54) is 24.3 Å². The zero-order valence-electron chi connectivity index (χ0n) is 6.56. The zero-order valence-corrected chi connectivity index (χ0v) is 5.56. The van der Waals surface area contributed by atoms with E-state index in [1.54, 1.807) is 0 Å². The van der Waals surface area contributed by atoms with Crippen LogP contribution < -0.4 is 0 Å². The molecule has 1 rings (SSSR count). The van der Waals surface area contributed by atoms with Crippen LogP contribution in [0.25, 0.3) is 0 Å². The van der Waals surface area contributed by atoms with Crippen molar-refractivity contribution < 1.29 is 11.1 Å². The van der Waals surface area contributed by atoms with Crippen LogP contribution >= 0.6 is 0 Å². The van der Waals surface area contributed by atoms with Crippen LogP contribution in [0.1, 0.15) is 11.8 Å². The number of hydrogen-bond donors (Lipinski definition) is 0. The fraction of sp³-hybridized carbons (Fsp3) is 0. The number of non-ortho nitro benzene ring substituents is 1. The molecule has 0 spiro atoms. The molecule has 0 saturated carbocycles. The van der Waals surface area contributed by atoms with E-state index in [0.717, 1.165) is 0 Å². The topological polar surface area (TPSA) is 60.2 Å². The van der Waals surface area contributed by atoms with E-state index in [9.17, 15) is 14.9 Å². The number of benzene rings is 1. The first-order chi connectivity index (χ1) is 5.24. The third kappa shape index (κ3) is 1.61. The van der Waals surface area contributed by atoms with Gasteiger partial charge in [0.1, 0.15) is 6.29 Å². The summed E-state index contributed by atoms with van der Waals surface area (Å²) in [6.45, 7) is 0. The Kier molecular flexibility index (Phi) is 1.96. The minimum atomic E-state index is -0.535. The second-order valence-corrected chi connectivity index (χ2v) is 1.97. The molecule has 0 aromatic heterocycles. The highest BCUT2D eigenvalue weighted by Gasteiger charge is 2.03. The third-order valence-electron chi connectivity index (χ3n) is 1.22. The highest BCUT2D eigenvalue weighted by molar-refractivity contribution is 5.75. The second kappa shape index (κ2) is 2.92. The smallest absolute Gasteiger partial charge is 0.298 e. The van der Waals surface area contributed by atoms with Crippen molar-refractivity contribution >= 4 is 12.0 Å². The Morgan fingerprint density at radius 2 is 2.27 bits per heavy atom. The number of carbonyl (C=O) groups is 1. The van der Waals surface area contributed by atoms with Crippen molar-refractivity contribution in [2.45, 2.75) is 0 Å². The third-order valence-corrected chi connectivity index (χ3v) is 1.22. The number of nitro groups is 1. The lowest BCUT2D eigenvalue weighted by molar-refractivity contribution is -0.384. The molecular formula is C7H6NO3+. The molecule has 1 aromatic carbocycles. The molecule has 0 N–H and O–H groups in total. The summed E-state index contributed by atoms with van der Waals surface area (Å²) < 4.78 is 0. The number of hydrogen-bond acceptors (Lipinski definition) is 3. The highest BCUT2D eigenvalue weighted by atomic mass is 16.6. The standard InChI is InChI=1S/C7H5NO3/c9-5-6-2-1-3-7(4-6)8(10)11/h1-5H/p+1. The normalized spacial score (nSPS) is 9.09. The Balaban J connectivity index is 0.00000121. The van der Waals surface area contributed by atoms with E-state index < -0.39 is 4.92 Å². The molecule has 56 valence electrons. The molecule has 1 aromatic rings. The van der Waals surface area contributed by atoms with E-state index in [2.05, 4.69) is 0 Å². The van der Waals surface area contributed by atoms with Gasteiger partial charge in [-0.05, 0) is 0 Å². The number of nitrogens with zero attached hydrogens (tertiary/aromatic N) is 1. The minimum Gasteiger partial charge on any atom is -0.298 e. The van der Waals surface area contributed by atoms with Crippen LogP contribution in [0.15, 0.2) is 24.3 Å². The van der Waals surface area contributed by atoms with Crippen molar-refractivity contribution in [1.29, 1.82) is 0 Å². The fourth-order valence-electron chi connectivity index (χ4n) is 0.712. The Morgan fingerprint density at radius 3 is 2.82 bits per heavy atom. The maximum atomic E-state index is 10.2. The number of rotatable bonds is 2. The van der Waals surface area contributed by atoms with Crippen molar-refractivity contribution in [3.05, 3.63) is 39.9 Å². The summed E-state index contributed by atoms with van der Waals surface area (Å²) in [7, 11) is 0. The Bertz CT molecular complexity index is 300. The van der Waals surface area contributed by atoms with E-state index in [1.807, 2.05) is 0 Å². The number of carbonyl (C=O) groups excluding carboxylic acids is 1. The van der Waals surface area contributed by atoms with Crippen molar-refractivity contribution in [3.63, 3.8) is 0 Å². The lowest BCUT2D eigenvalue weighted by Gasteiger charge is -1.90. The van der Waals surface area contributed by atoms with Gasteiger partial charge in [0.15, 0.2) is 0 Å². The molecule has 4 heteroatoms. The van der Waals surface area contributed by atoms with Gasteiger partial charge in [-0.1, -0.05) is 12.1 Å².